The van der Waals surface area contributed by atoms with Gasteiger partial charge in [0.15, 0.2) is 0 Å². The predicted molar refractivity (Wildman–Crippen MR) is 90.9 cm³/mol. The van der Waals surface area contributed by atoms with E-state index >= 15 is 0 Å². The van der Waals surface area contributed by atoms with Gasteiger partial charge in [0.2, 0.25) is 5.91 Å². The first-order valence-corrected chi connectivity index (χ1v) is 7.33. The van der Waals surface area contributed by atoms with Crippen molar-refractivity contribution in [2.75, 3.05) is 24.3 Å². The highest BCUT2D eigenvalue weighted by Gasteiger charge is 2.07. The number of rotatable bonds is 6. The minimum atomic E-state index is -0.194. The molecule has 0 bridgehead atoms. The molecule has 0 aliphatic carbocycles. The first-order valence-electron chi connectivity index (χ1n) is 6.95. The van der Waals surface area contributed by atoms with Crippen molar-refractivity contribution >= 4 is 28.9 Å². The van der Waals surface area contributed by atoms with Crippen molar-refractivity contribution in [3.05, 3.63) is 53.1 Å². The van der Waals surface area contributed by atoms with Crippen molar-refractivity contribution in [3.63, 3.8) is 0 Å². The van der Waals surface area contributed by atoms with Gasteiger partial charge in [-0.1, -0.05) is 23.7 Å². The van der Waals surface area contributed by atoms with Crippen molar-refractivity contribution in [2.24, 2.45) is 0 Å². The van der Waals surface area contributed by atoms with E-state index in [-0.39, 0.29) is 12.5 Å². The number of anilines is 2. The highest BCUT2D eigenvalue weighted by atomic mass is 35.5. The summed E-state index contributed by atoms with van der Waals surface area (Å²) in [5, 5.41) is 15.0. The molecule has 23 heavy (non-hydrogen) atoms. The molecular formula is C17H16ClN3O2. The van der Waals surface area contributed by atoms with Crippen LogP contribution >= 0.6 is 11.6 Å². The third kappa shape index (κ3) is 4.90. The van der Waals surface area contributed by atoms with E-state index in [4.69, 9.17) is 21.6 Å². The van der Waals surface area contributed by atoms with Gasteiger partial charge < -0.3 is 15.4 Å². The van der Waals surface area contributed by atoms with E-state index in [1.54, 1.807) is 37.4 Å². The van der Waals surface area contributed by atoms with Crippen molar-refractivity contribution < 1.29 is 9.53 Å². The molecule has 0 saturated carbocycles. The fourth-order valence-corrected chi connectivity index (χ4v) is 2.17. The van der Waals surface area contributed by atoms with Crippen LogP contribution < -0.4 is 15.4 Å². The standard InChI is InChI=1S/C17H16ClN3O2/c1-23-16-7-4-13(18)10-15(16)20-11-17(22)21-14-5-2-12(3-6-14)8-9-19/h2-7,10,20H,8,11H2,1H3,(H,21,22). The summed E-state index contributed by atoms with van der Waals surface area (Å²) < 4.78 is 5.21. The van der Waals surface area contributed by atoms with Gasteiger partial charge in [-0.15, -0.1) is 0 Å². The van der Waals surface area contributed by atoms with E-state index in [0.717, 1.165) is 5.56 Å². The third-order valence-corrected chi connectivity index (χ3v) is 3.36. The summed E-state index contributed by atoms with van der Waals surface area (Å²) in [4.78, 5) is 12.0. The number of hydrogen-bond acceptors (Lipinski definition) is 4. The number of ether oxygens (including phenoxy) is 1. The van der Waals surface area contributed by atoms with Gasteiger partial charge in [-0.05, 0) is 35.9 Å². The first kappa shape index (κ1) is 16.7. The zero-order valence-electron chi connectivity index (χ0n) is 12.6. The Morgan fingerprint density at radius 2 is 2.00 bits per heavy atom. The summed E-state index contributed by atoms with van der Waals surface area (Å²) in [7, 11) is 1.55. The van der Waals surface area contributed by atoms with Gasteiger partial charge in [0.1, 0.15) is 5.75 Å². The molecule has 0 spiro atoms. The summed E-state index contributed by atoms with van der Waals surface area (Å²) in [5.41, 5.74) is 2.24. The van der Waals surface area contributed by atoms with Crippen LogP contribution in [0.3, 0.4) is 0 Å². The van der Waals surface area contributed by atoms with E-state index in [1.165, 1.54) is 0 Å². The summed E-state index contributed by atoms with van der Waals surface area (Å²) in [5.74, 6) is 0.420. The van der Waals surface area contributed by atoms with E-state index in [0.29, 0.717) is 28.6 Å². The number of nitriles is 1. The molecule has 0 heterocycles. The van der Waals surface area contributed by atoms with Crippen LogP contribution in [0.25, 0.3) is 0 Å². The molecule has 6 heteroatoms. The number of hydrogen-bond donors (Lipinski definition) is 2. The van der Waals surface area contributed by atoms with Crippen molar-refractivity contribution in [2.45, 2.75) is 6.42 Å². The van der Waals surface area contributed by atoms with Crippen LogP contribution in [0.5, 0.6) is 5.75 Å². The molecule has 0 unspecified atom stereocenters. The van der Waals surface area contributed by atoms with Crippen LogP contribution in [0.15, 0.2) is 42.5 Å². The monoisotopic (exact) mass is 329 g/mol. The minimum Gasteiger partial charge on any atom is -0.495 e. The molecule has 0 aliphatic rings. The van der Waals surface area contributed by atoms with Gasteiger partial charge >= 0.3 is 0 Å². The molecule has 0 radical (unpaired) electrons. The van der Waals surface area contributed by atoms with Crippen LogP contribution in [0.4, 0.5) is 11.4 Å². The summed E-state index contributed by atoms with van der Waals surface area (Å²) in [6, 6.07) is 14.4. The summed E-state index contributed by atoms with van der Waals surface area (Å²) in [6.07, 6.45) is 0.352. The summed E-state index contributed by atoms with van der Waals surface area (Å²) in [6.45, 7) is 0.0800. The number of benzene rings is 2. The second-order valence-corrected chi connectivity index (χ2v) is 5.21. The van der Waals surface area contributed by atoms with Gasteiger partial charge in [0.25, 0.3) is 0 Å². The maximum Gasteiger partial charge on any atom is 0.243 e. The molecule has 5 nitrogen and oxygen atoms in total. The fraction of sp³-hybridized carbons (Fsp3) is 0.176. The molecule has 0 aromatic heterocycles. The number of methoxy groups -OCH3 is 1. The predicted octanol–water partition coefficient (Wildman–Crippen LogP) is 3.47. The molecule has 118 valence electrons. The van der Waals surface area contributed by atoms with Crippen LogP contribution in [0.1, 0.15) is 5.56 Å². The Labute approximate surface area is 139 Å². The molecule has 2 aromatic rings. The lowest BCUT2D eigenvalue weighted by Gasteiger charge is -2.12. The van der Waals surface area contributed by atoms with E-state index in [2.05, 4.69) is 16.7 Å². The quantitative estimate of drug-likeness (QED) is 0.851. The molecule has 0 aliphatic heterocycles. The first-order chi connectivity index (χ1) is 11.1. The molecule has 2 rings (SSSR count). The molecule has 0 fully saturated rings. The van der Waals surface area contributed by atoms with Gasteiger partial charge in [-0.3, -0.25) is 4.79 Å². The number of nitrogens with one attached hydrogen (secondary N) is 2. The Bertz CT molecular complexity index is 724. The van der Waals surface area contributed by atoms with E-state index in [9.17, 15) is 4.79 Å². The average Bonchev–Trinajstić information content (AvgIpc) is 2.55. The van der Waals surface area contributed by atoms with Gasteiger partial charge in [-0.25, -0.2) is 0 Å². The SMILES string of the molecule is COc1ccc(Cl)cc1NCC(=O)Nc1ccc(CC#N)cc1. The van der Waals surface area contributed by atoms with Gasteiger partial charge in [-0.2, -0.15) is 5.26 Å². The maximum absolute atomic E-state index is 12.0. The molecular weight excluding hydrogens is 314 g/mol. The smallest absolute Gasteiger partial charge is 0.243 e. The zero-order valence-corrected chi connectivity index (χ0v) is 13.4. The minimum absolute atomic E-state index is 0.0800. The normalized spacial score (nSPS) is 9.78. The molecule has 2 N–H and O–H groups in total. The third-order valence-electron chi connectivity index (χ3n) is 3.12. The fourth-order valence-electron chi connectivity index (χ4n) is 2.00. The van der Waals surface area contributed by atoms with Crippen LogP contribution in [0.2, 0.25) is 5.02 Å². The van der Waals surface area contributed by atoms with Crippen LogP contribution in [-0.4, -0.2) is 19.6 Å². The van der Waals surface area contributed by atoms with Gasteiger partial charge in [0, 0.05) is 10.7 Å². The summed E-state index contributed by atoms with van der Waals surface area (Å²) >= 11 is 5.94. The molecule has 0 atom stereocenters. The van der Waals surface area contributed by atoms with Crippen LogP contribution in [0, 0.1) is 11.3 Å². The number of carbonyl (C=O) groups excluding carboxylic acids is 1. The largest absolute Gasteiger partial charge is 0.495 e. The number of nitrogens with zero attached hydrogens (tertiary/aromatic N) is 1. The van der Waals surface area contributed by atoms with Gasteiger partial charge in [0.05, 0.1) is 31.8 Å². The topological polar surface area (TPSA) is 74.2 Å². The Morgan fingerprint density at radius 3 is 2.65 bits per heavy atom. The number of amides is 1. The Hall–Kier alpha value is -2.71. The molecule has 1 amide bonds. The highest BCUT2D eigenvalue weighted by molar-refractivity contribution is 6.30. The Kier molecular flexibility index (Phi) is 5.84. The number of carbonyl (C=O) groups is 1. The Balaban J connectivity index is 1.92. The lowest BCUT2D eigenvalue weighted by molar-refractivity contribution is -0.114. The lowest BCUT2D eigenvalue weighted by Crippen LogP contribution is -2.21. The zero-order chi connectivity index (χ0) is 16.7. The van der Waals surface area contributed by atoms with E-state index < -0.39 is 0 Å². The molecule has 2 aromatic carbocycles. The lowest BCUT2D eigenvalue weighted by atomic mass is 10.1. The van der Waals surface area contributed by atoms with Crippen LogP contribution in [-0.2, 0) is 11.2 Å². The van der Waals surface area contributed by atoms with Crippen molar-refractivity contribution in [3.8, 4) is 11.8 Å². The van der Waals surface area contributed by atoms with Crippen molar-refractivity contribution in [1.29, 1.82) is 5.26 Å². The number of halogens is 1. The second kappa shape index (κ2) is 8.06. The maximum atomic E-state index is 12.0. The van der Waals surface area contributed by atoms with Crippen molar-refractivity contribution in [1.82, 2.24) is 0 Å². The highest BCUT2D eigenvalue weighted by Crippen LogP contribution is 2.27. The van der Waals surface area contributed by atoms with E-state index in [1.807, 2.05) is 12.1 Å². The Morgan fingerprint density at radius 1 is 1.26 bits per heavy atom. The molecule has 0 saturated heterocycles. The average molecular weight is 330 g/mol. The second-order valence-electron chi connectivity index (χ2n) is 4.78.